The molecule has 102 valence electrons. The number of alkyl halides is 3. The minimum absolute atomic E-state index is 0.104. The molecule has 0 saturated carbocycles. The Kier molecular flexibility index (Phi) is 5.49. The summed E-state index contributed by atoms with van der Waals surface area (Å²) in [5.41, 5.74) is 0.364. The Morgan fingerprint density at radius 3 is 2.72 bits per heavy atom. The van der Waals surface area contributed by atoms with Gasteiger partial charge in [-0.05, 0) is 19.5 Å². The minimum atomic E-state index is -4.34. The van der Waals surface area contributed by atoms with Crippen molar-refractivity contribution in [1.82, 2.24) is 10.3 Å². The van der Waals surface area contributed by atoms with Gasteiger partial charge in [0.1, 0.15) is 12.4 Å². The number of nitrogens with zero attached hydrogens (tertiary/aromatic N) is 1. The van der Waals surface area contributed by atoms with Gasteiger partial charge in [-0.3, -0.25) is 4.98 Å². The Bertz CT molecular complexity index is 370. The van der Waals surface area contributed by atoms with Crippen LogP contribution in [-0.4, -0.2) is 31.4 Å². The third-order valence-electron chi connectivity index (χ3n) is 2.34. The summed E-state index contributed by atoms with van der Waals surface area (Å²) in [5.74, 6) is -0.493. The van der Waals surface area contributed by atoms with Gasteiger partial charge in [-0.25, -0.2) is 4.39 Å². The van der Waals surface area contributed by atoms with E-state index in [1.54, 1.807) is 7.05 Å². The normalized spacial score (nSPS) is 13.6. The van der Waals surface area contributed by atoms with Crippen LogP contribution in [0.1, 0.15) is 18.0 Å². The summed E-state index contributed by atoms with van der Waals surface area (Å²) in [5, 5.41) is 2.83. The van der Waals surface area contributed by atoms with Gasteiger partial charge in [0, 0.05) is 24.4 Å². The maximum Gasteiger partial charge on any atom is 0.411 e. The second-order valence-corrected chi connectivity index (χ2v) is 3.69. The lowest BCUT2D eigenvalue weighted by Gasteiger charge is -2.17. The van der Waals surface area contributed by atoms with E-state index in [1.165, 1.54) is 12.3 Å². The van der Waals surface area contributed by atoms with E-state index in [2.05, 4.69) is 15.0 Å². The van der Waals surface area contributed by atoms with Crippen molar-refractivity contribution in [2.45, 2.75) is 18.6 Å². The lowest BCUT2D eigenvalue weighted by Crippen LogP contribution is -2.22. The summed E-state index contributed by atoms with van der Waals surface area (Å²) in [4.78, 5) is 3.61. The molecular weight excluding hydrogens is 252 g/mol. The lowest BCUT2D eigenvalue weighted by molar-refractivity contribution is -0.174. The van der Waals surface area contributed by atoms with Crippen molar-refractivity contribution in [1.29, 1.82) is 0 Å². The standard InChI is InChI=1S/C11H14F4N2O/c1-16-10(3-5-18-7-11(13,14)15)8-2-4-17-6-9(8)12/h2,4,6,10,16H,3,5,7H2,1H3. The second kappa shape index (κ2) is 6.65. The lowest BCUT2D eigenvalue weighted by atomic mass is 10.1. The number of hydrogen-bond acceptors (Lipinski definition) is 3. The van der Waals surface area contributed by atoms with E-state index in [0.29, 0.717) is 5.56 Å². The molecule has 0 bridgehead atoms. The van der Waals surface area contributed by atoms with Crippen molar-refractivity contribution in [3.63, 3.8) is 0 Å². The molecule has 0 aliphatic carbocycles. The SMILES string of the molecule is CNC(CCOCC(F)(F)F)c1ccncc1F. The molecule has 1 heterocycles. The summed E-state index contributed by atoms with van der Waals surface area (Å²) in [7, 11) is 1.61. The van der Waals surface area contributed by atoms with E-state index in [-0.39, 0.29) is 13.0 Å². The minimum Gasteiger partial charge on any atom is -0.372 e. The van der Waals surface area contributed by atoms with Crippen LogP contribution in [0, 0.1) is 5.82 Å². The van der Waals surface area contributed by atoms with Crippen LogP contribution >= 0.6 is 0 Å². The molecule has 0 saturated heterocycles. The highest BCUT2D eigenvalue weighted by atomic mass is 19.4. The maximum absolute atomic E-state index is 13.4. The molecule has 7 heteroatoms. The maximum atomic E-state index is 13.4. The van der Waals surface area contributed by atoms with Crippen molar-refractivity contribution in [2.24, 2.45) is 0 Å². The first kappa shape index (κ1) is 14.8. The largest absolute Gasteiger partial charge is 0.411 e. The molecule has 1 unspecified atom stereocenters. The number of halogens is 4. The molecule has 1 rings (SSSR count). The molecule has 0 radical (unpaired) electrons. The third-order valence-corrected chi connectivity index (χ3v) is 2.34. The molecule has 1 N–H and O–H groups in total. The van der Waals surface area contributed by atoms with Crippen LogP contribution in [0.25, 0.3) is 0 Å². The van der Waals surface area contributed by atoms with Gasteiger partial charge in [-0.1, -0.05) is 0 Å². The fraction of sp³-hybridized carbons (Fsp3) is 0.545. The number of pyridine rings is 1. The molecule has 0 fully saturated rings. The Hall–Kier alpha value is -1.21. The first-order valence-electron chi connectivity index (χ1n) is 5.35. The third kappa shape index (κ3) is 4.97. The van der Waals surface area contributed by atoms with Crippen molar-refractivity contribution in [3.8, 4) is 0 Å². The van der Waals surface area contributed by atoms with E-state index >= 15 is 0 Å². The summed E-state index contributed by atoms with van der Waals surface area (Å²) in [6.07, 6.45) is -1.60. The molecule has 1 aromatic rings. The Balaban J connectivity index is 2.46. The van der Waals surface area contributed by atoms with Crippen LogP contribution in [0.4, 0.5) is 17.6 Å². The number of rotatable bonds is 6. The zero-order valence-corrected chi connectivity index (χ0v) is 9.80. The summed E-state index contributed by atoms with van der Waals surface area (Å²) in [6.45, 7) is -1.39. The summed E-state index contributed by atoms with van der Waals surface area (Å²) < 4.78 is 53.4. The van der Waals surface area contributed by atoms with Crippen molar-refractivity contribution in [2.75, 3.05) is 20.3 Å². The van der Waals surface area contributed by atoms with Gasteiger partial charge in [0.15, 0.2) is 0 Å². The first-order chi connectivity index (χ1) is 8.44. The number of aromatic nitrogens is 1. The summed E-state index contributed by atoms with van der Waals surface area (Å²) in [6, 6.07) is 1.08. The van der Waals surface area contributed by atoms with Gasteiger partial charge in [0.05, 0.1) is 6.20 Å². The van der Waals surface area contributed by atoms with Crippen LogP contribution in [0.5, 0.6) is 0 Å². The predicted octanol–water partition coefficient (Wildman–Crippen LogP) is 2.45. The average Bonchev–Trinajstić information content (AvgIpc) is 2.29. The van der Waals surface area contributed by atoms with E-state index in [4.69, 9.17) is 0 Å². The molecule has 0 aliphatic rings. The Morgan fingerprint density at radius 1 is 1.44 bits per heavy atom. The molecule has 1 atom stereocenters. The molecular formula is C11H14F4N2O. The van der Waals surface area contributed by atoms with Gasteiger partial charge in [-0.2, -0.15) is 13.2 Å². The summed E-state index contributed by atoms with van der Waals surface area (Å²) >= 11 is 0. The van der Waals surface area contributed by atoms with Gasteiger partial charge in [0.25, 0.3) is 0 Å². The van der Waals surface area contributed by atoms with Crippen LogP contribution in [0.15, 0.2) is 18.5 Å². The Morgan fingerprint density at radius 2 is 2.17 bits per heavy atom. The molecule has 18 heavy (non-hydrogen) atoms. The molecule has 0 aliphatic heterocycles. The quantitative estimate of drug-likeness (QED) is 0.634. The van der Waals surface area contributed by atoms with Crippen molar-refractivity contribution >= 4 is 0 Å². The highest BCUT2D eigenvalue weighted by Gasteiger charge is 2.27. The van der Waals surface area contributed by atoms with Crippen molar-refractivity contribution < 1.29 is 22.3 Å². The average molecular weight is 266 g/mol. The first-order valence-corrected chi connectivity index (χ1v) is 5.35. The zero-order chi connectivity index (χ0) is 13.6. The van der Waals surface area contributed by atoms with Crippen LogP contribution in [0.2, 0.25) is 0 Å². The van der Waals surface area contributed by atoms with E-state index < -0.39 is 24.6 Å². The smallest absolute Gasteiger partial charge is 0.372 e. The fourth-order valence-electron chi connectivity index (χ4n) is 1.51. The fourth-order valence-corrected chi connectivity index (χ4v) is 1.51. The molecule has 3 nitrogen and oxygen atoms in total. The molecule has 1 aromatic heterocycles. The van der Waals surface area contributed by atoms with Crippen molar-refractivity contribution in [3.05, 3.63) is 29.8 Å². The van der Waals surface area contributed by atoms with Gasteiger partial charge < -0.3 is 10.1 Å². The van der Waals surface area contributed by atoms with Crippen LogP contribution in [-0.2, 0) is 4.74 Å². The van der Waals surface area contributed by atoms with E-state index in [0.717, 1.165) is 6.20 Å². The second-order valence-electron chi connectivity index (χ2n) is 3.69. The van der Waals surface area contributed by atoms with E-state index in [1.807, 2.05) is 0 Å². The number of nitrogens with one attached hydrogen (secondary N) is 1. The monoisotopic (exact) mass is 266 g/mol. The van der Waals surface area contributed by atoms with E-state index in [9.17, 15) is 17.6 Å². The van der Waals surface area contributed by atoms with Gasteiger partial charge in [-0.15, -0.1) is 0 Å². The molecule has 0 amide bonds. The van der Waals surface area contributed by atoms with Gasteiger partial charge in [0.2, 0.25) is 0 Å². The molecule has 0 spiro atoms. The zero-order valence-electron chi connectivity index (χ0n) is 9.80. The highest BCUT2D eigenvalue weighted by molar-refractivity contribution is 5.17. The topological polar surface area (TPSA) is 34.1 Å². The van der Waals surface area contributed by atoms with Crippen LogP contribution < -0.4 is 5.32 Å². The molecule has 0 aromatic carbocycles. The predicted molar refractivity (Wildman–Crippen MR) is 57.5 cm³/mol. The highest BCUT2D eigenvalue weighted by Crippen LogP contribution is 2.20. The van der Waals surface area contributed by atoms with Crippen LogP contribution in [0.3, 0.4) is 0 Å². The Labute approximate surface area is 102 Å². The van der Waals surface area contributed by atoms with Gasteiger partial charge >= 0.3 is 6.18 Å². The number of ether oxygens (including phenoxy) is 1. The number of hydrogen-bond donors (Lipinski definition) is 1.